The quantitative estimate of drug-likeness (QED) is 0.809. The number of rotatable bonds is 4. The molecule has 0 saturated heterocycles. The number of nitriles is 1. The Kier molecular flexibility index (Phi) is 5.30. The monoisotopic (exact) mass is 328 g/mol. The number of aromatic nitrogens is 2. The first-order chi connectivity index (χ1) is 10.9. The minimum atomic E-state index is -0.276. The molecular formula is C17H17ClN4O. The Morgan fingerprint density at radius 1 is 1.22 bits per heavy atom. The van der Waals surface area contributed by atoms with Gasteiger partial charge < -0.3 is 4.90 Å². The van der Waals surface area contributed by atoms with E-state index in [0.717, 1.165) is 16.7 Å². The van der Waals surface area contributed by atoms with Gasteiger partial charge >= 0.3 is 0 Å². The van der Waals surface area contributed by atoms with Crippen molar-refractivity contribution in [1.29, 1.82) is 5.26 Å². The number of amides is 1. The highest BCUT2D eigenvalue weighted by Gasteiger charge is 2.17. The van der Waals surface area contributed by atoms with Crippen LogP contribution in [0.3, 0.4) is 0 Å². The van der Waals surface area contributed by atoms with Crippen molar-refractivity contribution in [2.45, 2.75) is 19.8 Å². The predicted octanol–water partition coefficient (Wildman–Crippen LogP) is 2.80. The van der Waals surface area contributed by atoms with Crippen molar-refractivity contribution < 1.29 is 4.79 Å². The van der Waals surface area contributed by atoms with Gasteiger partial charge in [0.05, 0.1) is 12.5 Å². The molecule has 0 unspecified atom stereocenters. The number of hydrogen-bond donors (Lipinski definition) is 0. The summed E-state index contributed by atoms with van der Waals surface area (Å²) in [4.78, 5) is 21.7. The van der Waals surface area contributed by atoms with Crippen molar-refractivity contribution in [1.82, 2.24) is 14.9 Å². The lowest BCUT2D eigenvalue weighted by atomic mass is 10.0. The van der Waals surface area contributed by atoms with E-state index in [2.05, 4.69) is 16.0 Å². The number of halogens is 1. The van der Waals surface area contributed by atoms with E-state index in [0.29, 0.717) is 23.7 Å². The third-order valence-electron chi connectivity index (χ3n) is 3.45. The molecule has 0 aliphatic carbocycles. The largest absolute Gasteiger partial charge is 0.342 e. The molecule has 1 heterocycles. The first kappa shape index (κ1) is 16.9. The smallest absolute Gasteiger partial charge is 0.291 e. The molecule has 0 atom stereocenters. The molecule has 0 N–H and O–H groups in total. The summed E-state index contributed by atoms with van der Waals surface area (Å²) in [5, 5.41) is 8.99. The van der Waals surface area contributed by atoms with Crippen LogP contribution in [0.1, 0.15) is 33.0 Å². The second kappa shape index (κ2) is 7.21. The molecule has 0 radical (unpaired) electrons. The molecule has 23 heavy (non-hydrogen) atoms. The summed E-state index contributed by atoms with van der Waals surface area (Å²) >= 11 is 6.25. The Morgan fingerprint density at radius 3 is 2.35 bits per heavy atom. The van der Waals surface area contributed by atoms with Crippen LogP contribution in [-0.2, 0) is 12.8 Å². The predicted molar refractivity (Wildman–Crippen MR) is 88.4 cm³/mol. The zero-order valence-electron chi connectivity index (χ0n) is 13.3. The van der Waals surface area contributed by atoms with Gasteiger partial charge in [-0.15, -0.1) is 0 Å². The second-order valence-electron chi connectivity index (χ2n) is 5.43. The van der Waals surface area contributed by atoms with Crippen LogP contribution in [0.2, 0.25) is 5.15 Å². The van der Waals surface area contributed by atoms with Crippen molar-refractivity contribution in [3.63, 3.8) is 0 Å². The molecular weight excluding hydrogens is 312 g/mol. The summed E-state index contributed by atoms with van der Waals surface area (Å²) in [5.74, 6) is -0.173. The van der Waals surface area contributed by atoms with E-state index in [1.165, 1.54) is 4.90 Å². The molecule has 1 aromatic heterocycles. The third-order valence-corrected chi connectivity index (χ3v) is 3.76. The van der Waals surface area contributed by atoms with Crippen LogP contribution in [-0.4, -0.2) is 34.9 Å². The summed E-state index contributed by atoms with van der Waals surface area (Å²) in [6.07, 6.45) is 0.971. The summed E-state index contributed by atoms with van der Waals surface area (Å²) < 4.78 is 0. The van der Waals surface area contributed by atoms with Crippen molar-refractivity contribution in [2.75, 3.05) is 14.1 Å². The molecule has 0 aliphatic rings. The van der Waals surface area contributed by atoms with Crippen LogP contribution in [0.5, 0.6) is 0 Å². The van der Waals surface area contributed by atoms with Crippen molar-refractivity contribution >= 4 is 17.5 Å². The summed E-state index contributed by atoms with van der Waals surface area (Å²) in [7, 11) is 3.29. The molecule has 6 heteroatoms. The Hall–Kier alpha value is -2.45. The first-order valence-corrected chi connectivity index (χ1v) is 7.49. The van der Waals surface area contributed by atoms with Crippen molar-refractivity contribution in [3.8, 4) is 6.07 Å². The van der Waals surface area contributed by atoms with E-state index in [4.69, 9.17) is 16.9 Å². The summed E-state index contributed by atoms with van der Waals surface area (Å²) in [5.41, 5.74) is 3.51. The van der Waals surface area contributed by atoms with Gasteiger partial charge in [0.25, 0.3) is 5.91 Å². The van der Waals surface area contributed by atoms with E-state index in [1.807, 2.05) is 31.2 Å². The highest BCUT2D eigenvalue weighted by Crippen LogP contribution is 2.21. The Morgan fingerprint density at radius 2 is 1.83 bits per heavy atom. The van der Waals surface area contributed by atoms with E-state index < -0.39 is 0 Å². The van der Waals surface area contributed by atoms with Gasteiger partial charge in [-0.05, 0) is 18.1 Å². The van der Waals surface area contributed by atoms with Crippen LogP contribution >= 0.6 is 11.6 Å². The molecule has 0 fully saturated rings. The van der Waals surface area contributed by atoms with Crippen LogP contribution in [0.15, 0.2) is 24.3 Å². The maximum absolute atomic E-state index is 11.9. The lowest BCUT2D eigenvalue weighted by Crippen LogP contribution is -2.24. The fraction of sp³-hybridized carbons (Fsp3) is 0.294. The van der Waals surface area contributed by atoms with E-state index in [-0.39, 0.29) is 11.7 Å². The van der Waals surface area contributed by atoms with Gasteiger partial charge in [0.15, 0.2) is 0 Å². The molecule has 5 nitrogen and oxygen atoms in total. The molecule has 0 aliphatic heterocycles. The van der Waals surface area contributed by atoms with Gasteiger partial charge in [0.1, 0.15) is 5.15 Å². The normalized spacial score (nSPS) is 10.2. The van der Waals surface area contributed by atoms with E-state index in [9.17, 15) is 4.79 Å². The van der Waals surface area contributed by atoms with Gasteiger partial charge in [0.2, 0.25) is 5.82 Å². The zero-order valence-corrected chi connectivity index (χ0v) is 14.1. The Balaban J connectivity index is 2.27. The lowest BCUT2D eigenvalue weighted by Gasteiger charge is -2.12. The number of nitrogens with zero attached hydrogens (tertiary/aromatic N) is 4. The highest BCUT2D eigenvalue weighted by molar-refractivity contribution is 6.30. The molecule has 118 valence electrons. The van der Waals surface area contributed by atoms with Crippen LogP contribution in [0, 0.1) is 18.3 Å². The fourth-order valence-corrected chi connectivity index (χ4v) is 2.41. The third kappa shape index (κ3) is 4.05. The van der Waals surface area contributed by atoms with E-state index >= 15 is 0 Å². The van der Waals surface area contributed by atoms with Crippen LogP contribution in [0.4, 0.5) is 0 Å². The lowest BCUT2D eigenvalue weighted by molar-refractivity contribution is 0.0815. The maximum Gasteiger partial charge on any atom is 0.291 e. The highest BCUT2D eigenvalue weighted by atomic mass is 35.5. The molecule has 2 rings (SSSR count). The van der Waals surface area contributed by atoms with Crippen molar-refractivity contribution in [2.24, 2.45) is 0 Å². The summed E-state index contributed by atoms with van der Waals surface area (Å²) in [6.45, 7) is 1.82. The van der Waals surface area contributed by atoms with E-state index in [1.54, 1.807) is 14.1 Å². The average Bonchev–Trinajstić information content (AvgIpc) is 2.51. The topological polar surface area (TPSA) is 69.9 Å². The van der Waals surface area contributed by atoms with Crippen LogP contribution < -0.4 is 0 Å². The van der Waals surface area contributed by atoms with Gasteiger partial charge in [-0.2, -0.15) is 5.26 Å². The number of carbonyl (C=O) groups excluding carboxylic acids is 1. The number of benzene rings is 1. The molecule has 2 aromatic rings. The number of carbonyl (C=O) groups is 1. The maximum atomic E-state index is 11.9. The molecule has 1 aromatic carbocycles. The molecule has 0 bridgehead atoms. The Labute approximate surface area is 140 Å². The van der Waals surface area contributed by atoms with Crippen LogP contribution in [0.25, 0.3) is 0 Å². The SMILES string of the molecule is Cc1nc(C(=O)N(C)C)nc(Cl)c1Cc1ccc(CC#N)cc1. The van der Waals surface area contributed by atoms with Crippen molar-refractivity contribution in [3.05, 3.63) is 57.6 Å². The molecule has 0 saturated carbocycles. The fourth-order valence-electron chi connectivity index (χ4n) is 2.13. The summed E-state index contributed by atoms with van der Waals surface area (Å²) in [6, 6.07) is 9.89. The zero-order chi connectivity index (χ0) is 17.0. The second-order valence-corrected chi connectivity index (χ2v) is 5.79. The number of hydrogen-bond acceptors (Lipinski definition) is 4. The number of aryl methyl sites for hydroxylation is 1. The minimum Gasteiger partial charge on any atom is -0.342 e. The first-order valence-electron chi connectivity index (χ1n) is 7.11. The average molecular weight is 329 g/mol. The standard InChI is InChI=1S/C17H17ClN4O/c1-11-14(10-13-6-4-12(5-7-13)8-9-19)15(18)21-16(20-11)17(23)22(2)3/h4-7H,8,10H2,1-3H3. The molecule has 1 amide bonds. The van der Waals surface area contributed by atoms with Gasteiger partial charge in [-0.25, -0.2) is 9.97 Å². The minimum absolute atomic E-state index is 0.102. The van der Waals surface area contributed by atoms with Gasteiger partial charge in [-0.3, -0.25) is 4.79 Å². The van der Waals surface area contributed by atoms with Gasteiger partial charge in [-0.1, -0.05) is 35.9 Å². The van der Waals surface area contributed by atoms with Gasteiger partial charge in [0, 0.05) is 31.8 Å². The Bertz CT molecular complexity index is 740. The molecule has 0 spiro atoms.